The van der Waals surface area contributed by atoms with E-state index >= 15 is 0 Å². The van der Waals surface area contributed by atoms with E-state index in [1.165, 1.54) is 11.9 Å². The van der Waals surface area contributed by atoms with Crippen LogP contribution < -0.4 is 10.2 Å². The molecule has 6 heteroatoms. The van der Waals surface area contributed by atoms with Gasteiger partial charge in [-0.2, -0.15) is 0 Å². The molecule has 0 spiro atoms. The highest BCUT2D eigenvalue weighted by atomic mass is 16.5. The van der Waals surface area contributed by atoms with Crippen LogP contribution in [0.15, 0.2) is 41.3 Å². The van der Waals surface area contributed by atoms with Gasteiger partial charge in [0.2, 0.25) is 5.76 Å². The van der Waals surface area contributed by atoms with Crippen LogP contribution in [0.25, 0.3) is 0 Å². The van der Waals surface area contributed by atoms with Crippen LogP contribution in [0.1, 0.15) is 23.4 Å². The Morgan fingerprint density at radius 2 is 2.00 bits per heavy atom. The molecule has 110 valence electrons. The number of aromatic nitrogens is 2. The zero-order valence-electron chi connectivity index (χ0n) is 11.7. The van der Waals surface area contributed by atoms with Gasteiger partial charge in [0.05, 0.1) is 6.20 Å². The van der Waals surface area contributed by atoms with Crippen molar-refractivity contribution in [3.8, 4) is 0 Å². The van der Waals surface area contributed by atoms with Gasteiger partial charge in [-0.15, -0.1) is 0 Å². The van der Waals surface area contributed by atoms with E-state index < -0.39 is 0 Å². The van der Waals surface area contributed by atoms with Gasteiger partial charge in [0, 0.05) is 43.8 Å². The number of nitrogens with one attached hydrogen (secondary N) is 1. The molecule has 3 rings (SSSR count). The number of hydrogen-bond donors (Lipinski definition) is 1. The van der Waals surface area contributed by atoms with Gasteiger partial charge in [0.15, 0.2) is 0 Å². The molecule has 2 aromatic heterocycles. The van der Waals surface area contributed by atoms with E-state index in [2.05, 4.69) is 20.4 Å². The third kappa shape index (κ3) is 3.39. The predicted molar refractivity (Wildman–Crippen MR) is 78.0 cm³/mol. The number of nitrogens with zero attached hydrogens (tertiary/aromatic N) is 3. The molecule has 1 saturated heterocycles. The Bertz CT molecular complexity index is 563. The normalized spacial score (nSPS) is 15.9. The summed E-state index contributed by atoms with van der Waals surface area (Å²) in [5, 5.41) is 6.44. The minimum absolute atomic E-state index is 0.191. The summed E-state index contributed by atoms with van der Waals surface area (Å²) in [7, 11) is 0. The highest BCUT2D eigenvalue weighted by Gasteiger charge is 2.20. The summed E-state index contributed by atoms with van der Waals surface area (Å²) in [5.74, 6) is 0.586. The Morgan fingerprint density at radius 1 is 1.24 bits per heavy atom. The van der Waals surface area contributed by atoms with Crippen molar-refractivity contribution in [3.63, 3.8) is 0 Å². The molecule has 0 radical (unpaired) electrons. The molecule has 0 saturated carbocycles. The Balaban J connectivity index is 1.45. The molecular weight excluding hydrogens is 268 g/mol. The largest absolute Gasteiger partial charge is 0.371 e. The van der Waals surface area contributed by atoms with Gasteiger partial charge in [-0.25, -0.2) is 0 Å². The van der Waals surface area contributed by atoms with Crippen LogP contribution in [0.5, 0.6) is 0 Å². The maximum absolute atomic E-state index is 11.8. The lowest BCUT2D eigenvalue weighted by Gasteiger charge is -2.33. The van der Waals surface area contributed by atoms with E-state index in [-0.39, 0.29) is 11.7 Å². The first-order chi connectivity index (χ1) is 10.3. The van der Waals surface area contributed by atoms with E-state index in [9.17, 15) is 4.79 Å². The van der Waals surface area contributed by atoms with E-state index in [4.69, 9.17) is 4.52 Å². The second-order valence-electron chi connectivity index (χ2n) is 5.22. The van der Waals surface area contributed by atoms with Crippen molar-refractivity contribution in [2.24, 2.45) is 5.92 Å². The lowest BCUT2D eigenvalue weighted by molar-refractivity contribution is 0.0908. The number of anilines is 1. The average molecular weight is 286 g/mol. The summed E-state index contributed by atoms with van der Waals surface area (Å²) < 4.78 is 4.83. The first-order valence-corrected chi connectivity index (χ1v) is 7.17. The fourth-order valence-corrected chi connectivity index (χ4v) is 2.61. The Morgan fingerprint density at radius 3 is 2.67 bits per heavy atom. The fraction of sp³-hybridized carbons (Fsp3) is 0.400. The molecule has 6 nitrogen and oxygen atoms in total. The van der Waals surface area contributed by atoms with Crippen molar-refractivity contribution in [1.29, 1.82) is 0 Å². The molecule has 1 N–H and O–H groups in total. The molecule has 1 aliphatic rings. The molecule has 21 heavy (non-hydrogen) atoms. The number of rotatable bonds is 4. The van der Waals surface area contributed by atoms with Crippen molar-refractivity contribution in [2.75, 3.05) is 24.5 Å². The Labute approximate surface area is 123 Å². The lowest BCUT2D eigenvalue weighted by Crippen LogP contribution is -2.38. The Hall–Kier alpha value is -2.37. The molecule has 0 aromatic carbocycles. The summed E-state index contributed by atoms with van der Waals surface area (Å²) in [6, 6.07) is 5.64. The van der Waals surface area contributed by atoms with Crippen molar-refractivity contribution < 1.29 is 9.32 Å². The number of hydrogen-bond acceptors (Lipinski definition) is 5. The second-order valence-corrected chi connectivity index (χ2v) is 5.22. The van der Waals surface area contributed by atoms with Crippen LogP contribution in [-0.2, 0) is 0 Å². The first kappa shape index (κ1) is 13.6. The number of amides is 1. The molecule has 1 amide bonds. The van der Waals surface area contributed by atoms with Gasteiger partial charge in [0.25, 0.3) is 5.91 Å². The SMILES string of the molecule is O=C(NCC1CCN(c2ccncc2)CC1)c1ccno1. The van der Waals surface area contributed by atoms with Crippen molar-refractivity contribution >= 4 is 11.6 Å². The average Bonchev–Trinajstić information content (AvgIpc) is 3.08. The Kier molecular flexibility index (Phi) is 4.14. The zero-order valence-corrected chi connectivity index (χ0v) is 11.7. The summed E-state index contributed by atoms with van der Waals surface area (Å²) in [4.78, 5) is 18.2. The molecule has 0 atom stereocenters. The van der Waals surface area contributed by atoms with Gasteiger partial charge in [-0.05, 0) is 30.9 Å². The minimum Gasteiger partial charge on any atom is -0.371 e. The van der Waals surface area contributed by atoms with Crippen LogP contribution in [0.3, 0.4) is 0 Å². The van der Waals surface area contributed by atoms with Gasteiger partial charge in [0.1, 0.15) is 0 Å². The summed E-state index contributed by atoms with van der Waals surface area (Å²) >= 11 is 0. The number of piperidine rings is 1. The highest BCUT2D eigenvalue weighted by Crippen LogP contribution is 2.22. The zero-order chi connectivity index (χ0) is 14.5. The van der Waals surface area contributed by atoms with Gasteiger partial charge >= 0.3 is 0 Å². The van der Waals surface area contributed by atoms with E-state index in [1.54, 1.807) is 6.07 Å². The smallest absolute Gasteiger partial charge is 0.289 e. The van der Waals surface area contributed by atoms with Crippen LogP contribution in [0.2, 0.25) is 0 Å². The maximum Gasteiger partial charge on any atom is 0.289 e. The third-order valence-corrected chi connectivity index (χ3v) is 3.86. The first-order valence-electron chi connectivity index (χ1n) is 7.17. The molecule has 1 fully saturated rings. The van der Waals surface area contributed by atoms with Gasteiger partial charge in [-0.3, -0.25) is 9.78 Å². The quantitative estimate of drug-likeness (QED) is 0.926. The predicted octanol–water partition coefficient (Wildman–Crippen LogP) is 1.72. The molecule has 1 aliphatic heterocycles. The molecule has 2 aromatic rings. The molecule has 0 aliphatic carbocycles. The minimum atomic E-state index is -0.191. The molecule has 0 bridgehead atoms. The van der Waals surface area contributed by atoms with E-state index in [0.717, 1.165) is 25.9 Å². The standard InChI is InChI=1S/C15H18N4O2/c20-15(14-3-8-18-21-14)17-11-12-4-9-19(10-5-12)13-1-6-16-7-2-13/h1-3,6-8,12H,4-5,9-11H2,(H,17,20). The van der Waals surface area contributed by atoms with Crippen LogP contribution in [0, 0.1) is 5.92 Å². The monoisotopic (exact) mass is 286 g/mol. The topological polar surface area (TPSA) is 71.3 Å². The summed E-state index contributed by atoms with van der Waals surface area (Å²) in [6.07, 6.45) is 7.25. The number of carbonyl (C=O) groups is 1. The van der Waals surface area contributed by atoms with Crippen LogP contribution >= 0.6 is 0 Å². The van der Waals surface area contributed by atoms with Crippen molar-refractivity contribution in [2.45, 2.75) is 12.8 Å². The van der Waals surface area contributed by atoms with Gasteiger partial charge in [-0.1, -0.05) is 5.16 Å². The summed E-state index contributed by atoms with van der Waals surface area (Å²) in [5.41, 5.74) is 1.22. The van der Waals surface area contributed by atoms with E-state index in [1.807, 2.05) is 24.5 Å². The summed E-state index contributed by atoms with van der Waals surface area (Å²) in [6.45, 7) is 2.70. The molecule has 0 unspecified atom stereocenters. The second kappa shape index (κ2) is 6.39. The van der Waals surface area contributed by atoms with Crippen molar-refractivity contribution in [1.82, 2.24) is 15.5 Å². The van der Waals surface area contributed by atoms with E-state index in [0.29, 0.717) is 12.5 Å². The fourth-order valence-electron chi connectivity index (χ4n) is 2.61. The molecular formula is C15H18N4O2. The van der Waals surface area contributed by atoms with Crippen molar-refractivity contribution in [3.05, 3.63) is 42.5 Å². The number of carbonyl (C=O) groups excluding carboxylic acids is 1. The maximum atomic E-state index is 11.8. The highest BCUT2D eigenvalue weighted by molar-refractivity contribution is 5.91. The van der Waals surface area contributed by atoms with Gasteiger partial charge < -0.3 is 14.7 Å². The third-order valence-electron chi connectivity index (χ3n) is 3.86. The number of pyridine rings is 1. The van der Waals surface area contributed by atoms with Crippen LogP contribution in [-0.4, -0.2) is 35.7 Å². The van der Waals surface area contributed by atoms with Crippen LogP contribution in [0.4, 0.5) is 5.69 Å². The molecule has 3 heterocycles. The lowest BCUT2D eigenvalue weighted by atomic mass is 9.96.